The first-order valence-electron chi connectivity index (χ1n) is 9.79. The fourth-order valence-electron chi connectivity index (χ4n) is 2.95. The normalized spacial score (nSPS) is 11.9. The van der Waals surface area contributed by atoms with E-state index in [1.54, 1.807) is 22.7 Å². The Bertz CT molecular complexity index is 1080. The average Bonchev–Trinajstić information content (AvgIpc) is 3.54. The lowest BCUT2D eigenvalue weighted by atomic mass is 10.0. The second-order valence-electron chi connectivity index (χ2n) is 6.84. The number of amides is 1. The third kappa shape index (κ3) is 6.39. The monoisotopic (exact) mass is 486 g/mol. The highest BCUT2D eigenvalue weighted by molar-refractivity contribution is 8.01. The van der Waals surface area contributed by atoms with Crippen LogP contribution >= 0.6 is 45.8 Å². The molecule has 0 bridgehead atoms. The van der Waals surface area contributed by atoms with Crippen LogP contribution in [0.3, 0.4) is 0 Å². The summed E-state index contributed by atoms with van der Waals surface area (Å²) in [6.45, 7) is 2.88. The second kappa shape index (κ2) is 10.9. The van der Waals surface area contributed by atoms with E-state index in [0.29, 0.717) is 5.75 Å². The number of aryl methyl sites for hydroxylation is 1. The molecule has 1 unspecified atom stereocenters. The predicted octanol–water partition coefficient (Wildman–Crippen LogP) is 5.62. The zero-order valence-electron chi connectivity index (χ0n) is 16.9. The number of benzene rings is 1. The van der Waals surface area contributed by atoms with Crippen LogP contribution in [0.2, 0.25) is 0 Å². The molecule has 0 aliphatic carbocycles. The van der Waals surface area contributed by atoms with Crippen molar-refractivity contribution in [2.45, 2.75) is 23.7 Å². The van der Waals surface area contributed by atoms with E-state index in [1.165, 1.54) is 33.5 Å². The van der Waals surface area contributed by atoms with E-state index in [4.69, 9.17) is 0 Å². The summed E-state index contributed by atoms with van der Waals surface area (Å²) in [5.74, 6) is 0.281. The quantitative estimate of drug-likeness (QED) is 0.285. The Morgan fingerprint density at radius 2 is 1.87 bits per heavy atom. The third-order valence-corrected chi connectivity index (χ3v) is 8.39. The Labute approximate surface area is 198 Å². The van der Waals surface area contributed by atoms with Gasteiger partial charge in [0.15, 0.2) is 4.34 Å². The van der Waals surface area contributed by atoms with Gasteiger partial charge in [-0.3, -0.25) is 4.79 Å². The molecule has 9 heteroatoms. The fraction of sp³-hybridized carbons (Fsp3) is 0.227. The standard InChI is InChI=1S/C22H22N4OS4/c1-15-6-8-16(9-7-15)20(18-5-3-13-29-18)24-19(27)14-30-22-26-25-21(31-22)23-11-10-17-4-2-12-28-17/h2-9,12-13,20H,10-11,14H2,1H3,(H,23,25)(H,24,27). The van der Waals surface area contributed by atoms with E-state index < -0.39 is 0 Å². The van der Waals surface area contributed by atoms with Gasteiger partial charge < -0.3 is 10.6 Å². The molecule has 0 aliphatic rings. The number of nitrogens with one attached hydrogen (secondary N) is 2. The predicted molar refractivity (Wildman–Crippen MR) is 133 cm³/mol. The van der Waals surface area contributed by atoms with E-state index in [1.807, 2.05) is 11.4 Å². The summed E-state index contributed by atoms with van der Waals surface area (Å²) in [7, 11) is 0. The maximum Gasteiger partial charge on any atom is 0.231 e. The minimum Gasteiger partial charge on any atom is -0.360 e. The second-order valence-corrected chi connectivity index (χ2v) is 11.1. The Kier molecular flexibility index (Phi) is 7.74. The largest absolute Gasteiger partial charge is 0.360 e. The average molecular weight is 487 g/mol. The van der Waals surface area contributed by atoms with Crippen molar-refractivity contribution in [3.05, 3.63) is 80.2 Å². The van der Waals surface area contributed by atoms with Crippen LogP contribution in [0.15, 0.2) is 63.6 Å². The van der Waals surface area contributed by atoms with Crippen LogP contribution in [-0.2, 0) is 11.2 Å². The number of carbonyl (C=O) groups excluding carboxylic acids is 1. The van der Waals surface area contributed by atoms with Crippen LogP contribution in [0, 0.1) is 6.92 Å². The van der Waals surface area contributed by atoms with Crippen LogP contribution in [0.5, 0.6) is 0 Å². The lowest BCUT2D eigenvalue weighted by Gasteiger charge is -2.18. The molecule has 0 spiro atoms. The summed E-state index contributed by atoms with van der Waals surface area (Å²) in [6.07, 6.45) is 0.964. The van der Waals surface area contributed by atoms with Crippen LogP contribution in [0.25, 0.3) is 0 Å². The minimum absolute atomic E-state index is 0.0219. The summed E-state index contributed by atoms with van der Waals surface area (Å²) < 4.78 is 0.789. The van der Waals surface area contributed by atoms with E-state index >= 15 is 0 Å². The summed E-state index contributed by atoms with van der Waals surface area (Å²) in [5.41, 5.74) is 2.28. The van der Waals surface area contributed by atoms with Crippen molar-refractivity contribution in [1.82, 2.24) is 15.5 Å². The van der Waals surface area contributed by atoms with Gasteiger partial charge in [0.25, 0.3) is 0 Å². The molecule has 0 saturated heterocycles. The molecule has 1 atom stereocenters. The van der Waals surface area contributed by atoms with Crippen LogP contribution < -0.4 is 10.6 Å². The Morgan fingerprint density at radius 1 is 1.06 bits per heavy atom. The van der Waals surface area contributed by atoms with Gasteiger partial charge in [-0.15, -0.1) is 32.9 Å². The van der Waals surface area contributed by atoms with Gasteiger partial charge in [-0.2, -0.15) is 0 Å². The topological polar surface area (TPSA) is 66.9 Å². The molecule has 1 amide bonds. The molecule has 1 aromatic carbocycles. The lowest BCUT2D eigenvalue weighted by molar-refractivity contribution is -0.119. The first-order valence-corrected chi connectivity index (χ1v) is 13.4. The molecule has 4 aromatic rings. The van der Waals surface area contributed by atoms with Gasteiger partial charge in [-0.1, -0.05) is 65.1 Å². The van der Waals surface area contributed by atoms with Gasteiger partial charge in [-0.25, -0.2) is 0 Å². The molecule has 5 nitrogen and oxygen atoms in total. The SMILES string of the molecule is Cc1ccc(C(NC(=O)CSc2nnc(NCCc3cccs3)s2)c2cccs2)cc1. The molecule has 31 heavy (non-hydrogen) atoms. The fourth-order valence-corrected chi connectivity index (χ4v) is 6.05. The highest BCUT2D eigenvalue weighted by Gasteiger charge is 2.18. The van der Waals surface area contributed by atoms with Gasteiger partial charge in [0.1, 0.15) is 0 Å². The first-order chi connectivity index (χ1) is 15.2. The molecule has 3 aromatic heterocycles. The zero-order chi connectivity index (χ0) is 21.5. The number of thioether (sulfide) groups is 1. The van der Waals surface area contributed by atoms with Crippen molar-refractivity contribution in [3.63, 3.8) is 0 Å². The van der Waals surface area contributed by atoms with E-state index in [-0.39, 0.29) is 11.9 Å². The third-order valence-electron chi connectivity index (χ3n) is 4.50. The molecule has 0 radical (unpaired) electrons. The number of anilines is 1. The number of aromatic nitrogens is 2. The number of rotatable bonds is 10. The van der Waals surface area contributed by atoms with Gasteiger partial charge >= 0.3 is 0 Å². The van der Waals surface area contributed by atoms with Gasteiger partial charge in [0.05, 0.1) is 11.8 Å². The number of thiophene rings is 2. The molecule has 4 rings (SSSR count). The van der Waals surface area contributed by atoms with Gasteiger partial charge in [0, 0.05) is 16.3 Å². The maximum atomic E-state index is 12.7. The van der Waals surface area contributed by atoms with E-state index in [9.17, 15) is 4.79 Å². The maximum absolute atomic E-state index is 12.7. The molecule has 3 heterocycles. The molecule has 0 fully saturated rings. The summed E-state index contributed by atoms with van der Waals surface area (Å²) in [4.78, 5) is 15.2. The van der Waals surface area contributed by atoms with Crippen molar-refractivity contribution in [2.24, 2.45) is 0 Å². The molecule has 2 N–H and O–H groups in total. The summed E-state index contributed by atoms with van der Waals surface area (Å²) >= 11 is 6.30. The molecular formula is C22H22N4OS4. The first kappa shape index (κ1) is 22.0. The summed E-state index contributed by atoms with van der Waals surface area (Å²) in [5, 5.41) is 19.8. The molecule has 0 saturated carbocycles. The highest BCUT2D eigenvalue weighted by atomic mass is 32.2. The van der Waals surface area contributed by atoms with Crippen LogP contribution in [-0.4, -0.2) is 28.4 Å². The minimum atomic E-state index is -0.141. The van der Waals surface area contributed by atoms with Crippen molar-refractivity contribution in [2.75, 3.05) is 17.6 Å². The lowest BCUT2D eigenvalue weighted by Crippen LogP contribution is -2.30. The Morgan fingerprint density at radius 3 is 2.61 bits per heavy atom. The van der Waals surface area contributed by atoms with Gasteiger partial charge in [0.2, 0.25) is 11.0 Å². The van der Waals surface area contributed by atoms with E-state index in [0.717, 1.165) is 32.9 Å². The zero-order valence-corrected chi connectivity index (χ0v) is 20.2. The number of hydrogen-bond acceptors (Lipinski definition) is 8. The van der Waals surface area contributed by atoms with Crippen molar-refractivity contribution in [1.29, 1.82) is 0 Å². The van der Waals surface area contributed by atoms with Crippen LogP contribution in [0.4, 0.5) is 5.13 Å². The summed E-state index contributed by atoms with van der Waals surface area (Å²) in [6, 6.07) is 16.4. The van der Waals surface area contributed by atoms with Crippen LogP contribution in [0.1, 0.15) is 26.9 Å². The Balaban J connectivity index is 1.29. The van der Waals surface area contributed by atoms with Crippen molar-refractivity contribution >= 4 is 56.8 Å². The highest BCUT2D eigenvalue weighted by Crippen LogP contribution is 2.28. The Hall–Kier alpha value is -2.20. The van der Waals surface area contributed by atoms with Gasteiger partial charge in [-0.05, 0) is 41.8 Å². The molecular weight excluding hydrogens is 465 g/mol. The number of hydrogen-bond donors (Lipinski definition) is 2. The molecule has 160 valence electrons. The number of carbonyl (C=O) groups is 1. The molecule has 0 aliphatic heterocycles. The van der Waals surface area contributed by atoms with E-state index in [2.05, 4.69) is 75.6 Å². The van der Waals surface area contributed by atoms with Crippen molar-refractivity contribution in [3.8, 4) is 0 Å². The number of nitrogens with zero attached hydrogens (tertiary/aromatic N) is 2. The smallest absolute Gasteiger partial charge is 0.231 e. The van der Waals surface area contributed by atoms with Crippen molar-refractivity contribution < 1.29 is 4.79 Å².